The van der Waals surface area contributed by atoms with Gasteiger partial charge in [-0.15, -0.1) is 36.8 Å². The van der Waals surface area contributed by atoms with Gasteiger partial charge in [-0.3, -0.25) is 5.78 Å². The Hall–Kier alpha value is -2.09. The second kappa shape index (κ2) is 9.04. The third-order valence-electron chi connectivity index (χ3n) is 3.16. The van der Waals surface area contributed by atoms with Crippen LogP contribution in [0.25, 0.3) is 11.1 Å². The van der Waals surface area contributed by atoms with E-state index in [1.54, 1.807) is 14.0 Å². The van der Waals surface area contributed by atoms with E-state index in [-0.39, 0.29) is 22.9 Å². The van der Waals surface area contributed by atoms with E-state index in [4.69, 9.17) is 4.74 Å². The third-order valence-corrected chi connectivity index (χ3v) is 3.16. The summed E-state index contributed by atoms with van der Waals surface area (Å²) < 4.78 is 5.09. The van der Waals surface area contributed by atoms with E-state index < -0.39 is 0 Å². The zero-order valence-corrected chi connectivity index (χ0v) is 13.7. The van der Waals surface area contributed by atoms with Crippen molar-refractivity contribution in [2.75, 3.05) is 7.11 Å². The average molecular weight is 334 g/mol. The molecule has 0 N–H and O–H groups in total. The van der Waals surface area contributed by atoms with Crippen molar-refractivity contribution in [1.82, 2.24) is 0 Å². The summed E-state index contributed by atoms with van der Waals surface area (Å²) in [5, 5.41) is 0. The predicted molar refractivity (Wildman–Crippen MR) is 86.1 cm³/mol. The first-order chi connectivity index (χ1) is 10.2. The van der Waals surface area contributed by atoms with Gasteiger partial charge in [0.15, 0.2) is 0 Å². The summed E-state index contributed by atoms with van der Waals surface area (Å²) in [6.45, 7) is 1.56. The van der Waals surface area contributed by atoms with Gasteiger partial charge in [0, 0.05) is 17.1 Å². The van der Waals surface area contributed by atoms with Crippen LogP contribution in [0.4, 0.5) is 0 Å². The molecular weight excluding hydrogens is 316 g/mol. The first-order valence-corrected chi connectivity index (χ1v) is 6.79. The van der Waals surface area contributed by atoms with Crippen molar-refractivity contribution >= 4 is 5.78 Å². The second-order valence-corrected chi connectivity index (χ2v) is 4.63. The van der Waals surface area contributed by atoms with Crippen molar-refractivity contribution < 1.29 is 26.6 Å². The van der Waals surface area contributed by atoms with Crippen LogP contribution in [0.5, 0.6) is 5.75 Å². The van der Waals surface area contributed by atoms with Crippen LogP contribution in [0.3, 0.4) is 0 Å². The number of ether oxygens (including phenoxy) is 1. The number of rotatable bonds is 3. The molecule has 22 heavy (non-hydrogen) atoms. The normalized spacial score (nSPS) is 9.18. The van der Waals surface area contributed by atoms with Crippen molar-refractivity contribution in [3.8, 4) is 16.9 Å². The summed E-state index contributed by atoms with van der Waals surface area (Å²) in [4.78, 5) is 10.5. The maximum atomic E-state index is 10.5. The van der Waals surface area contributed by atoms with Gasteiger partial charge < -0.3 is 39.4 Å². The minimum atomic E-state index is 0. The monoisotopic (exact) mass is 334 g/mol. The molecule has 0 heterocycles. The molecule has 0 atom stereocenters. The van der Waals surface area contributed by atoms with Gasteiger partial charge in [0.05, 0.1) is 7.11 Å². The largest absolute Gasteiger partial charge is 0.718 e. The fraction of sp³-hybridized carbons (Fsp3) is 0.105. The molecule has 0 radical (unpaired) electrons. The molecule has 3 rings (SSSR count). The van der Waals surface area contributed by atoms with Gasteiger partial charge in [-0.25, -0.2) is 0 Å². The Labute approximate surface area is 141 Å². The number of methoxy groups -OCH3 is 1. The van der Waals surface area contributed by atoms with Crippen molar-refractivity contribution in [2.45, 2.75) is 6.92 Å². The van der Waals surface area contributed by atoms with E-state index in [0.717, 1.165) is 11.3 Å². The summed E-state index contributed by atoms with van der Waals surface area (Å²) in [6.07, 6.45) is 0. The Morgan fingerprint density at radius 3 is 2.00 bits per heavy atom. The van der Waals surface area contributed by atoms with E-state index >= 15 is 0 Å². The fourth-order valence-electron chi connectivity index (χ4n) is 1.96. The second-order valence-electron chi connectivity index (χ2n) is 4.63. The van der Waals surface area contributed by atoms with Crippen LogP contribution in [-0.2, 0) is 17.1 Å². The van der Waals surface area contributed by atoms with Crippen molar-refractivity contribution in [3.63, 3.8) is 0 Å². The first kappa shape index (κ1) is 18.0. The van der Waals surface area contributed by atoms with E-state index in [9.17, 15) is 4.79 Å². The summed E-state index contributed by atoms with van der Waals surface area (Å²) in [7, 11) is 1.68. The molecule has 3 aromatic carbocycles. The molecule has 3 aromatic rings. The molecule has 120 valence electrons. The zero-order chi connectivity index (χ0) is 15.1. The van der Waals surface area contributed by atoms with Gasteiger partial charge in [-0.2, -0.15) is 12.1 Å². The molecule has 0 unspecified atom stereocenters. The molecule has 0 saturated carbocycles. The molecule has 0 aromatic heterocycles. The Morgan fingerprint density at radius 1 is 1.05 bits per heavy atom. The molecule has 0 aliphatic rings. The van der Waals surface area contributed by atoms with Gasteiger partial charge in [0.1, 0.15) is 5.75 Å². The quantitative estimate of drug-likeness (QED) is 0.395. The Balaban J connectivity index is 0.000000234. The molecule has 0 spiro atoms. The van der Waals surface area contributed by atoms with E-state index in [1.807, 2.05) is 48.5 Å². The van der Waals surface area contributed by atoms with E-state index in [2.05, 4.69) is 24.3 Å². The molecule has 0 aliphatic carbocycles. The van der Waals surface area contributed by atoms with Gasteiger partial charge in [-0.1, -0.05) is 17.7 Å². The molecule has 0 saturated heterocycles. The number of Topliss-reactive ketones (excluding diaryl/α,β-unsaturated/α-hetero) is 1. The Kier molecular flexibility index (Phi) is 7.38. The Morgan fingerprint density at radius 2 is 1.59 bits per heavy atom. The molecule has 0 amide bonds. The summed E-state index contributed by atoms with van der Waals surface area (Å²) in [6, 6.07) is 23.7. The zero-order valence-electron chi connectivity index (χ0n) is 12.6. The number of ketones is 1. The van der Waals surface area contributed by atoms with E-state index in [1.165, 1.54) is 11.1 Å². The molecule has 3 heteroatoms. The van der Waals surface area contributed by atoms with Crippen LogP contribution < -0.4 is 4.74 Å². The standard InChI is InChI=1S/C12H11O.C7H7O.Fe/c1-13-12-8-6-11(7-9-12)10-4-2-3-5-10;1-6(8)7-4-2-3-5-7;/h2-9H,1H3;2-5H,1H3;/q-1;-5;. The molecule has 0 fully saturated rings. The summed E-state index contributed by atoms with van der Waals surface area (Å²) in [5.41, 5.74) is 3.28. The van der Waals surface area contributed by atoms with Gasteiger partial charge >= 0.3 is 0 Å². The number of carbonyl (C=O) groups is 1. The number of hydrogen-bond donors (Lipinski definition) is 0. The summed E-state index contributed by atoms with van der Waals surface area (Å²) >= 11 is 0. The van der Waals surface area contributed by atoms with Crippen LogP contribution in [-0.4, -0.2) is 12.9 Å². The van der Waals surface area contributed by atoms with E-state index in [0.29, 0.717) is 0 Å². The topological polar surface area (TPSA) is 26.3 Å². The minimum absolute atomic E-state index is 0. The fourth-order valence-corrected chi connectivity index (χ4v) is 1.96. The van der Waals surface area contributed by atoms with Crippen LogP contribution in [0, 0.1) is 0 Å². The van der Waals surface area contributed by atoms with Crippen LogP contribution in [0.2, 0.25) is 0 Å². The minimum Gasteiger partial charge on any atom is -0.718 e. The van der Waals surface area contributed by atoms with Gasteiger partial charge in [-0.05, 0) is 0 Å². The molecule has 2 nitrogen and oxygen atoms in total. The third kappa shape index (κ3) is 5.03. The van der Waals surface area contributed by atoms with Gasteiger partial charge in [0.2, 0.25) is 0 Å². The Bertz CT molecular complexity index is 650. The smallest absolute Gasteiger partial charge is 0.104 e. The molecule has 0 bridgehead atoms. The molecule has 0 aliphatic heterocycles. The average Bonchev–Trinajstić information content (AvgIpc) is 3.21. The maximum absolute atomic E-state index is 10.5. The summed E-state index contributed by atoms with van der Waals surface area (Å²) in [5.74, 6) is 1.03. The van der Waals surface area contributed by atoms with Crippen molar-refractivity contribution in [1.29, 1.82) is 0 Å². The molecular formula is C19H18FeO2-6. The van der Waals surface area contributed by atoms with Crippen molar-refractivity contribution in [3.05, 3.63) is 78.4 Å². The SMILES string of the molecule is CC(=O)[c-]1[cH-][cH-][cH-][cH-]1.COc1ccc(-[c-]2cccc2)cc1.[Fe]. The number of benzene rings is 1. The van der Waals surface area contributed by atoms with Gasteiger partial charge in [0.25, 0.3) is 0 Å². The number of carbonyl (C=O) groups excluding carboxylic acids is 1. The predicted octanol–water partition coefficient (Wildman–Crippen LogP) is 4.69. The van der Waals surface area contributed by atoms with Crippen LogP contribution in [0.15, 0.2) is 72.8 Å². The van der Waals surface area contributed by atoms with Crippen LogP contribution in [0.1, 0.15) is 17.3 Å². The van der Waals surface area contributed by atoms with Crippen molar-refractivity contribution in [2.24, 2.45) is 0 Å². The number of hydrogen-bond acceptors (Lipinski definition) is 2. The maximum Gasteiger partial charge on any atom is 0.104 e. The first-order valence-electron chi connectivity index (χ1n) is 6.79. The van der Waals surface area contributed by atoms with Crippen LogP contribution >= 0.6 is 0 Å².